The van der Waals surface area contributed by atoms with Crippen molar-refractivity contribution in [2.24, 2.45) is 0 Å². The number of esters is 3. The van der Waals surface area contributed by atoms with E-state index in [-0.39, 0.29) is 37.5 Å². The number of hydrogen-bond donors (Lipinski definition) is 0. The molecule has 0 aliphatic carbocycles. The molecule has 454 valence electrons. The molecule has 0 saturated heterocycles. The van der Waals surface area contributed by atoms with Gasteiger partial charge in [0.2, 0.25) is 0 Å². The Hall–Kier alpha value is -3.67. The first kappa shape index (κ1) is 75.3. The fourth-order valence-electron chi connectivity index (χ4n) is 9.50. The molecule has 0 saturated carbocycles. The van der Waals surface area contributed by atoms with E-state index in [1.807, 2.05) is 0 Å². The Kier molecular flexibility index (Phi) is 63.7. The summed E-state index contributed by atoms with van der Waals surface area (Å²) in [5.74, 6) is -0.944. The first-order valence-corrected chi connectivity index (χ1v) is 33.7. The van der Waals surface area contributed by atoms with Crippen LogP contribution < -0.4 is 0 Å². The third-order valence-corrected chi connectivity index (χ3v) is 14.5. The van der Waals surface area contributed by atoms with Crippen LogP contribution in [0, 0.1) is 0 Å². The van der Waals surface area contributed by atoms with E-state index in [9.17, 15) is 14.4 Å². The van der Waals surface area contributed by atoms with Crippen molar-refractivity contribution in [3.05, 3.63) is 97.2 Å². The molecule has 79 heavy (non-hydrogen) atoms. The van der Waals surface area contributed by atoms with E-state index < -0.39 is 6.10 Å². The van der Waals surface area contributed by atoms with Crippen molar-refractivity contribution >= 4 is 17.9 Å². The number of ether oxygens (including phenoxy) is 3. The Morgan fingerprint density at radius 2 is 0.519 bits per heavy atom. The van der Waals surface area contributed by atoms with Gasteiger partial charge in [0.15, 0.2) is 6.10 Å². The Morgan fingerprint density at radius 3 is 0.848 bits per heavy atom. The third kappa shape index (κ3) is 65.0. The first-order valence-electron chi connectivity index (χ1n) is 33.7. The molecule has 1 atom stereocenters. The molecule has 0 rings (SSSR count). The number of allylic oxidation sites excluding steroid dienone is 16. The highest BCUT2D eigenvalue weighted by molar-refractivity contribution is 5.71. The highest BCUT2D eigenvalue weighted by Crippen LogP contribution is 2.17. The van der Waals surface area contributed by atoms with Gasteiger partial charge in [-0.15, -0.1) is 0 Å². The number of carbonyl (C=O) groups excluding carboxylic acids is 3. The zero-order valence-electron chi connectivity index (χ0n) is 52.1. The summed E-state index contributed by atoms with van der Waals surface area (Å²) in [6.45, 7) is 6.43. The van der Waals surface area contributed by atoms with E-state index in [0.29, 0.717) is 19.3 Å². The SMILES string of the molecule is CC/C=C\C/C=C\C/C=C\C/C=C\CCCCC(=O)OC(COC(=O)CCCCCCC/C=C\C/C=C\CCC)COC(=O)CCCCCCCCCCCCCCCCCCCCCCC/C=C\C/C=C\CCCCCCC. The summed E-state index contributed by atoms with van der Waals surface area (Å²) >= 11 is 0. The van der Waals surface area contributed by atoms with Crippen LogP contribution in [0.25, 0.3) is 0 Å². The van der Waals surface area contributed by atoms with Crippen molar-refractivity contribution < 1.29 is 28.6 Å². The van der Waals surface area contributed by atoms with Gasteiger partial charge < -0.3 is 14.2 Å². The quantitative estimate of drug-likeness (QED) is 0.0261. The predicted octanol–water partition coefficient (Wildman–Crippen LogP) is 23.2. The molecule has 1 unspecified atom stereocenters. The smallest absolute Gasteiger partial charge is 0.306 e. The van der Waals surface area contributed by atoms with Crippen molar-refractivity contribution in [2.75, 3.05) is 13.2 Å². The Balaban J connectivity index is 4.15. The Labute approximate surface area is 489 Å². The van der Waals surface area contributed by atoms with Crippen molar-refractivity contribution in [1.29, 1.82) is 0 Å². The van der Waals surface area contributed by atoms with Gasteiger partial charge in [-0.05, 0) is 116 Å². The van der Waals surface area contributed by atoms with E-state index in [1.54, 1.807) is 0 Å². The standard InChI is InChI=1S/C73H126O6/c1-4-7-10-13-16-19-22-25-27-28-29-30-31-32-33-34-35-36-37-38-39-40-41-42-43-44-46-48-51-54-57-60-63-66-72(75)78-69-70(68-77-71(74)65-62-59-56-53-50-47-24-21-18-15-12-9-6-3)79-73(76)67-64-61-58-55-52-49-45-26-23-20-17-14-11-8-5-2/h8,11-12,15,17,20-22,24-26,28-29,45,52,55,70H,4-7,9-10,13-14,16,18-19,23,27,30-44,46-51,53-54,56-69H2,1-3H3/b11-8-,15-12-,20-17-,24-21-,25-22-,29-28-,45-26-,55-52-. The van der Waals surface area contributed by atoms with E-state index >= 15 is 0 Å². The molecule has 0 aromatic heterocycles. The van der Waals surface area contributed by atoms with Crippen molar-refractivity contribution in [3.8, 4) is 0 Å². The van der Waals surface area contributed by atoms with Gasteiger partial charge in [-0.25, -0.2) is 0 Å². The second-order valence-corrected chi connectivity index (χ2v) is 22.3. The van der Waals surface area contributed by atoms with Crippen LogP contribution in [0.5, 0.6) is 0 Å². The van der Waals surface area contributed by atoms with Gasteiger partial charge >= 0.3 is 17.9 Å². The average molecular weight is 1100 g/mol. The van der Waals surface area contributed by atoms with Gasteiger partial charge in [-0.2, -0.15) is 0 Å². The number of carbonyl (C=O) groups is 3. The summed E-state index contributed by atoms with van der Waals surface area (Å²) in [5.41, 5.74) is 0. The van der Waals surface area contributed by atoms with Crippen molar-refractivity contribution in [1.82, 2.24) is 0 Å². The molecule has 6 heteroatoms. The zero-order valence-corrected chi connectivity index (χ0v) is 52.1. The van der Waals surface area contributed by atoms with Gasteiger partial charge in [-0.3, -0.25) is 14.4 Å². The van der Waals surface area contributed by atoms with Gasteiger partial charge in [0.25, 0.3) is 0 Å². The molecule has 6 nitrogen and oxygen atoms in total. The van der Waals surface area contributed by atoms with Crippen LogP contribution in [0.15, 0.2) is 97.2 Å². The lowest BCUT2D eigenvalue weighted by Crippen LogP contribution is -2.30. The lowest BCUT2D eigenvalue weighted by Gasteiger charge is -2.18. The van der Waals surface area contributed by atoms with Gasteiger partial charge in [-0.1, -0.05) is 291 Å². The van der Waals surface area contributed by atoms with Crippen LogP contribution in [0.1, 0.15) is 329 Å². The molecule has 0 aromatic rings. The van der Waals surface area contributed by atoms with Crippen LogP contribution in [-0.2, 0) is 28.6 Å². The summed E-state index contributed by atoms with van der Waals surface area (Å²) in [6, 6.07) is 0. The normalized spacial score (nSPS) is 12.7. The van der Waals surface area contributed by atoms with E-state index in [4.69, 9.17) is 14.2 Å². The summed E-state index contributed by atoms with van der Waals surface area (Å²) < 4.78 is 16.9. The van der Waals surface area contributed by atoms with E-state index in [1.165, 1.54) is 167 Å². The molecule has 0 aliphatic heterocycles. The van der Waals surface area contributed by atoms with Crippen LogP contribution >= 0.6 is 0 Å². The van der Waals surface area contributed by atoms with Crippen molar-refractivity contribution in [2.45, 2.75) is 335 Å². The van der Waals surface area contributed by atoms with E-state index in [2.05, 4.69) is 118 Å². The van der Waals surface area contributed by atoms with Crippen LogP contribution in [0.3, 0.4) is 0 Å². The number of hydrogen-bond acceptors (Lipinski definition) is 6. The highest BCUT2D eigenvalue weighted by atomic mass is 16.6. The molecule has 0 fully saturated rings. The van der Waals surface area contributed by atoms with Gasteiger partial charge in [0.05, 0.1) is 0 Å². The number of unbranched alkanes of at least 4 members (excludes halogenated alkanes) is 34. The summed E-state index contributed by atoms with van der Waals surface area (Å²) in [4.78, 5) is 38.2. The second kappa shape index (κ2) is 66.8. The summed E-state index contributed by atoms with van der Waals surface area (Å²) in [5, 5.41) is 0. The third-order valence-electron chi connectivity index (χ3n) is 14.5. The molecule has 0 spiro atoms. The lowest BCUT2D eigenvalue weighted by atomic mass is 10.0. The molecular formula is C73H126O6. The zero-order chi connectivity index (χ0) is 57.1. The highest BCUT2D eigenvalue weighted by Gasteiger charge is 2.19. The molecular weight excluding hydrogens is 973 g/mol. The topological polar surface area (TPSA) is 78.9 Å². The summed E-state index contributed by atoms with van der Waals surface area (Å²) in [7, 11) is 0. The average Bonchev–Trinajstić information content (AvgIpc) is 3.45. The fraction of sp³-hybridized carbons (Fsp3) is 0.740. The molecule has 0 heterocycles. The monoisotopic (exact) mass is 1100 g/mol. The minimum atomic E-state index is -0.805. The molecule has 0 radical (unpaired) electrons. The second-order valence-electron chi connectivity index (χ2n) is 22.3. The molecule has 0 aromatic carbocycles. The van der Waals surface area contributed by atoms with Crippen molar-refractivity contribution in [3.63, 3.8) is 0 Å². The predicted molar refractivity (Wildman–Crippen MR) is 344 cm³/mol. The minimum absolute atomic E-state index is 0.0967. The van der Waals surface area contributed by atoms with Gasteiger partial charge in [0.1, 0.15) is 13.2 Å². The molecule has 0 amide bonds. The lowest BCUT2D eigenvalue weighted by molar-refractivity contribution is -0.167. The maximum absolute atomic E-state index is 12.9. The van der Waals surface area contributed by atoms with Gasteiger partial charge in [0, 0.05) is 19.3 Å². The van der Waals surface area contributed by atoms with E-state index in [0.717, 1.165) is 116 Å². The maximum Gasteiger partial charge on any atom is 0.306 e. The van der Waals surface area contributed by atoms with Crippen LogP contribution in [0.4, 0.5) is 0 Å². The molecule has 0 bridgehead atoms. The largest absolute Gasteiger partial charge is 0.462 e. The molecule has 0 aliphatic rings. The Morgan fingerprint density at radius 1 is 0.266 bits per heavy atom. The van der Waals surface area contributed by atoms with Crippen LogP contribution in [0.2, 0.25) is 0 Å². The summed E-state index contributed by atoms with van der Waals surface area (Å²) in [6.07, 6.45) is 90.2. The fourth-order valence-corrected chi connectivity index (χ4v) is 9.50. The minimum Gasteiger partial charge on any atom is -0.462 e. The van der Waals surface area contributed by atoms with Crippen LogP contribution in [-0.4, -0.2) is 37.2 Å². The number of rotatable bonds is 61. The Bertz CT molecular complexity index is 1540. The first-order chi connectivity index (χ1) is 39.0. The maximum atomic E-state index is 12.9. The molecule has 0 N–H and O–H groups in total.